The van der Waals surface area contributed by atoms with E-state index < -0.39 is 0 Å². The molecule has 2 rings (SSSR count). The van der Waals surface area contributed by atoms with Gasteiger partial charge in [-0.05, 0) is 81.8 Å². The van der Waals surface area contributed by atoms with Gasteiger partial charge in [0.1, 0.15) is 24.4 Å². The second-order valence-corrected chi connectivity index (χ2v) is 16.4. The van der Waals surface area contributed by atoms with Gasteiger partial charge in [-0.2, -0.15) is 0 Å². The number of hydrogen-bond acceptors (Lipinski definition) is 12. The van der Waals surface area contributed by atoms with Crippen LogP contribution >= 0.6 is 0 Å². The molecule has 12 heteroatoms. The van der Waals surface area contributed by atoms with Crippen molar-refractivity contribution < 1.29 is 58.0 Å². The third kappa shape index (κ3) is 25.0. The molecule has 15 atom stereocenters. The number of aliphatic hydroxyl groups excluding tert-OH is 3. The maximum Gasteiger partial charge on any atom is 0.160 e. The van der Waals surface area contributed by atoms with Crippen molar-refractivity contribution in [3.63, 3.8) is 0 Å². The van der Waals surface area contributed by atoms with E-state index >= 15 is 0 Å². The molecule has 382 valence electrons. The highest BCUT2D eigenvalue weighted by Crippen LogP contribution is 2.30. The standard InChI is InChI=1S/C24H44O6.C23H42O5.2C2H6.CH4O/c1-9-20(26-5)17(3)13-14-19(25)16(2)11-10-12-18(4)23-24(29-8)21(27-6)15-22(28-7)30-23;1-8-20(25-5)17(3)12-13-19(24)16(2)10-9-11-18(4)22-23(27-7)21(26-6)14-15-28-22;3*1-2/h10-12,16-17,19-25H,9,13-15H2,1-8H3;9-11,16-17,19-24H,8,12-15H2,1-7H3;2*1-2H3;2H,1H3/b11-10+,18-12+;10-9+,18-11+;;;/t16?,17?,19?,20?,21?,22-,23?,24-;;;;/m1..../s1. The van der Waals surface area contributed by atoms with Gasteiger partial charge in [0, 0.05) is 75.1 Å². The van der Waals surface area contributed by atoms with Gasteiger partial charge in [-0.25, -0.2) is 0 Å². The van der Waals surface area contributed by atoms with Gasteiger partial charge >= 0.3 is 0 Å². The summed E-state index contributed by atoms with van der Waals surface area (Å²) in [6.45, 7) is 25.5. The van der Waals surface area contributed by atoms with Gasteiger partial charge in [0.15, 0.2) is 6.29 Å². The Kier molecular flexibility index (Phi) is 43.4. The molecule has 13 unspecified atom stereocenters. The zero-order chi connectivity index (χ0) is 49.8. The first-order valence-electron chi connectivity index (χ1n) is 24.2. The topological polar surface area (TPSA) is 144 Å². The first kappa shape index (κ1) is 66.8. The Labute approximate surface area is 393 Å². The Bertz CT molecular complexity index is 1170. The van der Waals surface area contributed by atoms with Crippen LogP contribution in [0.15, 0.2) is 47.6 Å². The van der Waals surface area contributed by atoms with E-state index in [2.05, 4.69) is 53.7 Å². The fraction of sp³-hybridized carbons (Fsp3) is 0.846. The average molecular weight is 919 g/mol. The summed E-state index contributed by atoms with van der Waals surface area (Å²) in [5.41, 5.74) is 2.13. The fourth-order valence-corrected chi connectivity index (χ4v) is 8.10. The van der Waals surface area contributed by atoms with Crippen molar-refractivity contribution in [3.05, 3.63) is 47.6 Å². The van der Waals surface area contributed by atoms with E-state index in [9.17, 15) is 10.2 Å². The number of hydrogen-bond donors (Lipinski definition) is 3. The number of methoxy groups -OCH3 is 7. The third-order valence-electron chi connectivity index (χ3n) is 12.3. The Balaban J connectivity index is -0.00000104. The molecule has 2 aliphatic heterocycles. The summed E-state index contributed by atoms with van der Waals surface area (Å²) >= 11 is 0. The van der Waals surface area contributed by atoms with Crippen LogP contribution in [0.1, 0.15) is 134 Å². The molecule has 0 bridgehead atoms. The van der Waals surface area contributed by atoms with Gasteiger partial charge in [0.2, 0.25) is 0 Å². The molecular weight excluding hydrogens is 817 g/mol. The minimum absolute atomic E-state index is 0.0536. The first-order valence-corrected chi connectivity index (χ1v) is 24.2. The summed E-state index contributed by atoms with van der Waals surface area (Å²) in [7, 11) is 12.9. The summed E-state index contributed by atoms with van der Waals surface area (Å²) in [6.07, 6.45) is 17.9. The SMILES string of the molecule is CC.CC.CCC(OC)C(C)CCC(O)C(C)/C=C/C=C(\C)C1OCCC(OC)C1OC.CCC(OC)C(C)CCC(O)C(C)/C=C/C=C(\C)C1O[C@@H](OC)CC(OC)[C@H]1OC.CO. The number of rotatable bonds is 25. The van der Waals surface area contributed by atoms with E-state index in [0.29, 0.717) is 24.9 Å². The van der Waals surface area contributed by atoms with E-state index in [1.54, 1.807) is 49.8 Å². The predicted octanol–water partition coefficient (Wildman–Crippen LogP) is 9.93. The van der Waals surface area contributed by atoms with Crippen molar-refractivity contribution in [2.24, 2.45) is 23.7 Å². The molecule has 0 spiro atoms. The van der Waals surface area contributed by atoms with Crippen molar-refractivity contribution in [2.45, 2.75) is 202 Å². The lowest BCUT2D eigenvalue weighted by Crippen LogP contribution is -2.51. The van der Waals surface area contributed by atoms with Gasteiger partial charge in [0.25, 0.3) is 0 Å². The second-order valence-electron chi connectivity index (χ2n) is 16.4. The molecule has 64 heavy (non-hydrogen) atoms. The molecule has 0 saturated carbocycles. The molecule has 3 N–H and O–H groups in total. The van der Waals surface area contributed by atoms with Crippen LogP contribution in [-0.2, 0) is 42.6 Å². The molecule has 0 radical (unpaired) electrons. The number of allylic oxidation sites excluding steroid dienone is 4. The summed E-state index contributed by atoms with van der Waals surface area (Å²) in [5.74, 6) is 1.04. The van der Waals surface area contributed by atoms with Crippen molar-refractivity contribution in [1.82, 2.24) is 0 Å². The van der Waals surface area contributed by atoms with E-state index in [1.165, 1.54) is 0 Å². The van der Waals surface area contributed by atoms with Crippen LogP contribution in [0, 0.1) is 23.7 Å². The Morgan fingerprint density at radius 3 is 1.36 bits per heavy atom. The fourth-order valence-electron chi connectivity index (χ4n) is 8.10. The van der Waals surface area contributed by atoms with Crippen LogP contribution in [0.25, 0.3) is 0 Å². The van der Waals surface area contributed by atoms with Crippen LogP contribution in [0.2, 0.25) is 0 Å². The van der Waals surface area contributed by atoms with Gasteiger partial charge in [-0.1, -0.05) is 106 Å². The lowest BCUT2D eigenvalue weighted by Gasteiger charge is -2.40. The zero-order valence-electron chi connectivity index (χ0n) is 44.5. The first-order chi connectivity index (χ1) is 30.7. The number of ether oxygens (including phenoxy) is 9. The highest BCUT2D eigenvalue weighted by molar-refractivity contribution is 5.19. The van der Waals surface area contributed by atoms with Crippen LogP contribution in [0.4, 0.5) is 0 Å². The maximum absolute atomic E-state index is 10.5. The molecular formula is C52H102O12. The van der Waals surface area contributed by atoms with E-state index in [1.807, 2.05) is 65.8 Å². The van der Waals surface area contributed by atoms with Crippen molar-refractivity contribution in [3.8, 4) is 0 Å². The average Bonchev–Trinajstić information content (AvgIpc) is 3.33. The van der Waals surface area contributed by atoms with Gasteiger partial charge in [-0.15, -0.1) is 0 Å². The zero-order valence-corrected chi connectivity index (χ0v) is 44.5. The Hall–Kier alpha value is -1.52. The molecule has 2 saturated heterocycles. The van der Waals surface area contributed by atoms with Gasteiger partial charge in [0.05, 0.1) is 43.2 Å². The summed E-state index contributed by atoms with van der Waals surface area (Å²) in [4.78, 5) is 0. The minimum Gasteiger partial charge on any atom is -0.400 e. The predicted molar refractivity (Wildman–Crippen MR) is 264 cm³/mol. The van der Waals surface area contributed by atoms with Crippen LogP contribution in [-0.4, -0.2) is 146 Å². The van der Waals surface area contributed by atoms with Crippen molar-refractivity contribution in [1.29, 1.82) is 0 Å². The van der Waals surface area contributed by atoms with Gasteiger partial charge < -0.3 is 58.0 Å². The molecule has 2 aliphatic rings. The van der Waals surface area contributed by atoms with Crippen molar-refractivity contribution >= 4 is 0 Å². The van der Waals surface area contributed by atoms with E-state index in [0.717, 1.165) is 63.2 Å². The quantitative estimate of drug-likeness (QED) is 0.0750. The Morgan fingerprint density at radius 2 is 1.00 bits per heavy atom. The molecule has 12 nitrogen and oxygen atoms in total. The monoisotopic (exact) mass is 919 g/mol. The third-order valence-corrected chi connectivity index (χ3v) is 12.3. The smallest absolute Gasteiger partial charge is 0.160 e. The lowest BCUT2D eigenvalue weighted by atomic mass is 9.91. The van der Waals surface area contributed by atoms with Crippen LogP contribution in [0.5, 0.6) is 0 Å². The van der Waals surface area contributed by atoms with Gasteiger partial charge in [-0.3, -0.25) is 0 Å². The van der Waals surface area contributed by atoms with Crippen LogP contribution < -0.4 is 0 Å². The molecule has 0 aromatic heterocycles. The highest BCUT2D eigenvalue weighted by Gasteiger charge is 2.40. The Morgan fingerprint density at radius 1 is 0.594 bits per heavy atom. The second kappa shape index (κ2) is 41.7. The molecule has 0 amide bonds. The van der Waals surface area contributed by atoms with Crippen molar-refractivity contribution in [2.75, 3.05) is 63.5 Å². The maximum atomic E-state index is 10.5. The molecule has 0 aromatic carbocycles. The summed E-state index contributed by atoms with van der Waals surface area (Å²) < 4.78 is 50.8. The molecule has 2 heterocycles. The van der Waals surface area contributed by atoms with E-state index in [4.69, 9.17) is 47.7 Å². The normalized spacial score (nSPS) is 26.6. The highest BCUT2D eigenvalue weighted by atomic mass is 16.7. The number of aliphatic hydroxyl groups is 3. The molecule has 0 aromatic rings. The van der Waals surface area contributed by atoms with E-state index in [-0.39, 0.29) is 79.2 Å². The summed E-state index contributed by atoms with van der Waals surface area (Å²) in [5, 5.41) is 28.0. The molecule has 0 aliphatic carbocycles. The molecule has 2 fully saturated rings. The summed E-state index contributed by atoms with van der Waals surface area (Å²) in [6, 6.07) is 0. The van der Waals surface area contributed by atoms with Crippen LogP contribution in [0.3, 0.4) is 0 Å². The minimum atomic E-state index is -0.375. The lowest BCUT2D eigenvalue weighted by molar-refractivity contribution is -0.241. The largest absolute Gasteiger partial charge is 0.400 e.